The van der Waals surface area contributed by atoms with Crippen molar-refractivity contribution in [2.45, 2.75) is 32.3 Å². The first-order valence-electron chi connectivity index (χ1n) is 7.23. The van der Waals surface area contributed by atoms with Crippen LogP contribution in [0.5, 0.6) is 11.5 Å². The first-order valence-corrected chi connectivity index (χ1v) is 7.23. The molecular formula is C18H17FO3. The molecule has 0 saturated heterocycles. The van der Waals surface area contributed by atoms with Gasteiger partial charge in [0.25, 0.3) is 0 Å². The van der Waals surface area contributed by atoms with E-state index in [4.69, 9.17) is 9.47 Å². The van der Waals surface area contributed by atoms with Crippen LogP contribution in [-0.4, -0.2) is 11.6 Å². The highest BCUT2D eigenvalue weighted by Gasteiger charge is 2.26. The van der Waals surface area contributed by atoms with Gasteiger partial charge in [0, 0.05) is 0 Å². The lowest BCUT2D eigenvalue weighted by Gasteiger charge is -2.32. The molecule has 2 aromatic rings. The molecule has 0 spiro atoms. The molecule has 1 aliphatic heterocycles. The van der Waals surface area contributed by atoms with Crippen molar-refractivity contribution in [2.75, 3.05) is 0 Å². The zero-order valence-electron chi connectivity index (χ0n) is 12.6. The van der Waals surface area contributed by atoms with E-state index < -0.39 is 11.8 Å². The summed E-state index contributed by atoms with van der Waals surface area (Å²) in [5.41, 5.74) is 0.744. The molecule has 0 unspecified atom stereocenters. The summed E-state index contributed by atoms with van der Waals surface area (Å²) < 4.78 is 24.7. The van der Waals surface area contributed by atoms with Gasteiger partial charge in [-0.25, -0.2) is 9.18 Å². The molecule has 0 N–H and O–H groups in total. The predicted molar refractivity (Wildman–Crippen MR) is 80.8 cm³/mol. The Hall–Kier alpha value is -2.36. The third-order valence-corrected chi connectivity index (χ3v) is 3.72. The first-order chi connectivity index (χ1) is 10.4. The van der Waals surface area contributed by atoms with Crippen LogP contribution in [0.4, 0.5) is 4.39 Å². The van der Waals surface area contributed by atoms with E-state index in [1.807, 2.05) is 13.8 Å². The van der Waals surface area contributed by atoms with E-state index in [0.29, 0.717) is 5.75 Å². The van der Waals surface area contributed by atoms with E-state index >= 15 is 0 Å². The number of fused-ring (bicyclic) bond motifs is 1. The van der Waals surface area contributed by atoms with E-state index in [0.717, 1.165) is 24.2 Å². The van der Waals surface area contributed by atoms with E-state index in [1.165, 1.54) is 18.2 Å². The number of hydrogen-bond acceptors (Lipinski definition) is 3. The minimum absolute atomic E-state index is 0.0717. The molecule has 0 bridgehead atoms. The molecule has 0 atom stereocenters. The zero-order chi connectivity index (χ0) is 15.7. The highest BCUT2D eigenvalue weighted by atomic mass is 19.1. The molecule has 22 heavy (non-hydrogen) atoms. The third kappa shape index (κ3) is 2.96. The van der Waals surface area contributed by atoms with Crippen molar-refractivity contribution in [3.63, 3.8) is 0 Å². The highest BCUT2D eigenvalue weighted by molar-refractivity contribution is 5.91. The average molecular weight is 300 g/mol. The topological polar surface area (TPSA) is 35.5 Å². The van der Waals surface area contributed by atoms with Crippen LogP contribution in [0, 0.1) is 5.82 Å². The van der Waals surface area contributed by atoms with Crippen LogP contribution < -0.4 is 9.47 Å². The molecule has 1 heterocycles. The van der Waals surface area contributed by atoms with Gasteiger partial charge in [0.1, 0.15) is 22.9 Å². The van der Waals surface area contributed by atoms with Gasteiger partial charge in [-0.1, -0.05) is 12.1 Å². The quantitative estimate of drug-likeness (QED) is 0.617. The number of halogens is 1. The third-order valence-electron chi connectivity index (χ3n) is 3.72. The predicted octanol–water partition coefficient (Wildman–Crippen LogP) is 4.15. The van der Waals surface area contributed by atoms with Crippen molar-refractivity contribution in [2.24, 2.45) is 0 Å². The van der Waals surface area contributed by atoms with Crippen LogP contribution in [-0.2, 0) is 6.42 Å². The van der Waals surface area contributed by atoms with Crippen LogP contribution in [0.15, 0.2) is 42.5 Å². The Bertz CT molecular complexity index is 722. The molecule has 0 amide bonds. The van der Waals surface area contributed by atoms with Gasteiger partial charge in [-0.3, -0.25) is 0 Å². The summed E-state index contributed by atoms with van der Waals surface area (Å²) in [4.78, 5) is 12.0. The second-order valence-electron chi connectivity index (χ2n) is 6.00. The number of esters is 1. The summed E-state index contributed by atoms with van der Waals surface area (Å²) in [5, 5.41) is 0. The molecule has 0 saturated carbocycles. The van der Waals surface area contributed by atoms with Gasteiger partial charge in [-0.15, -0.1) is 0 Å². The van der Waals surface area contributed by atoms with Gasteiger partial charge >= 0.3 is 5.97 Å². The fourth-order valence-electron chi connectivity index (χ4n) is 2.49. The Kier molecular flexibility index (Phi) is 3.61. The van der Waals surface area contributed by atoms with Gasteiger partial charge in [0.05, 0.1) is 5.56 Å². The SMILES string of the molecule is CC1(C)CCc2cc(OC(=O)c3ccccc3F)ccc2O1. The lowest BCUT2D eigenvalue weighted by molar-refractivity contribution is 0.0722. The van der Waals surface area contributed by atoms with E-state index in [2.05, 4.69) is 0 Å². The Morgan fingerprint density at radius 1 is 1.23 bits per heavy atom. The molecule has 0 aromatic heterocycles. The molecule has 3 nitrogen and oxygen atoms in total. The fourth-order valence-corrected chi connectivity index (χ4v) is 2.49. The van der Waals surface area contributed by atoms with Gasteiger partial charge in [0.2, 0.25) is 0 Å². The lowest BCUT2D eigenvalue weighted by atomic mass is 9.94. The maximum Gasteiger partial charge on any atom is 0.346 e. The van der Waals surface area contributed by atoms with Crippen molar-refractivity contribution in [1.29, 1.82) is 0 Å². The fraction of sp³-hybridized carbons (Fsp3) is 0.278. The minimum atomic E-state index is -0.699. The summed E-state index contributed by atoms with van der Waals surface area (Å²) in [7, 11) is 0. The summed E-state index contributed by atoms with van der Waals surface area (Å²) in [6.45, 7) is 4.09. The molecule has 0 aliphatic carbocycles. The maximum absolute atomic E-state index is 13.6. The zero-order valence-corrected chi connectivity index (χ0v) is 12.6. The number of hydrogen-bond donors (Lipinski definition) is 0. The number of aryl methyl sites for hydroxylation is 1. The maximum atomic E-state index is 13.6. The summed E-state index contributed by atoms with van der Waals surface area (Å²) in [5.74, 6) is -0.0806. The molecule has 3 rings (SSSR count). The highest BCUT2D eigenvalue weighted by Crippen LogP contribution is 2.35. The minimum Gasteiger partial charge on any atom is -0.488 e. The van der Waals surface area contributed by atoms with Crippen LogP contribution in [0.25, 0.3) is 0 Å². The molecule has 0 fully saturated rings. The molecule has 0 radical (unpaired) electrons. The van der Waals surface area contributed by atoms with Gasteiger partial charge in [-0.2, -0.15) is 0 Å². The molecular weight excluding hydrogens is 283 g/mol. The average Bonchev–Trinajstić information content (AvgIpc) is 2.47. The summed E-state index contributed by atoms with van der Waals surface area (Å²) in [6, 6.07) is 11.0. The van der Waals surface area contributed by atoms with Crippen molar-refractivity contribution in [3.8, 4) is 11.5 Å². The van der Waals surface area contributed by atoms with E-state index in [1.54, 1.807) is 24.3 Å². The summed E-state index contributed by atoms with van der Waals surface area (Å²) >= 11 is 0. The second kappa shape index (κ2) is 5.44. The molecule has 114 valence electrons. The van der Waals surface area contributed by atoms with E-state index in [9.17, 15) is 9.18 Å². The number of rotatable bonds is 2. The lowest BCUT2D eigenvalue weighted by Crippen LogP contribution is -2.32. The molecule has 4 heteroatoms. The second-order valence-corrected chi connectivity index (χ2v) is 6.00. The van der Waals surface area contributed by atoms with Crippen LogP contribution in [0.1, 0.15) is 36.2 Å². The number of carbonyl (C=O) groups is 1. The van der Waals surface area contributed by atoms with Crippen molar-refractivity contribution < 1.29 is 18.7 Å². The van der Waals surface area contributed by atoms with Crippen molar-refractivity contribution >= 4 is 5.97 Å². The van der Waals surface area contributed by atoms with Crippen LogP contribution in [0.3, 0.4) is 0 Å². The van der Waals surface area contributed by atoms with Gasteiger partial charge in [-0.05, 0) is 62.6 Å². The number of benzene rings is 2. The standard InChI is InChI=1S/C18H17FO3/c1-18(2)10-9-12-11-13(7-8-16(12)22-18)21-17(20)14-5-3-4-6-15(14)19/h3-8,11H,9-10H2,1-2H3. The van der Waals surface area contributed by atoms with E-state index in [-0.39, 0.29) is 11.2 Å². The Balaban J connectivity index is 1.80. The largest absolute Gasteiger partial charge is 0.488 e. The van der Waals surface area contributed by atoms with Crippen molar-refractivity contribution in [3.05, 3.63) is 59.4 Å². The van der Waals surface area contributed by atoms with Gasteiger partial charge < -0.3 is 9.47 Å². The monoisotopic (exact) mass is 300 g/mol. The smallest absolute Gasteiger partial charge is 0.346 e. The van der Waals surface area contributed by atoms with Crippen molar-refractivity contribution in [1.82, 2.24) is 0 Å². The summed E-state index contributed by atoms with van der Waals surface area (Å²) in [6.07, 6.45) is 1.75. The molecule has 2 aromatic carbocycles. The Morgan fingerprint density at radius 2 is 2.00 bits per heavy atom. The Morgan fingerprint density at radius 3 is 2.77 bits per heavy atom. The number of carbonyl (C=O) groups excluding carboxylic acids is 1. The first kappa shape index (κ1) is 14.6. The molecule has 1 aliphatic rings. The number of ether oxygens (including phenoxy) is 2. The Labute approximate surface area is 128 Å². The van der Waals surface area contributed by atoms with Gasteiger partial charge in [0.15, 0.2) is 0 Å². The normalized spacial score (nSPS) is 15.6. The van der Waals surface area contributed by atoms with Crippen LogP contribution >= 0.6 is 0 Å². The van der Waals surface area contributed by atoms with Crippen LogP contribution in [0.2, 0.25) is 0 Å².